The lowest BCUT2D eigenvalue weighted by atomic mass is 10.1. The summed E-state index contributed by atoms with van der Waals surface area (Å²) in [4.78, 5) is 14.1. The highest BCUT2D eigenvalue weighted by molar-refractivity contribution is 8.26. The minimum Gasteiger partial charge on any atom is -0.488 e. The Kier molecular flexibility index (Phi) is 6.97. The van der Waals surface area contributed by atoms with Crippen LogP contribution in [-0.4, -0.2) is 40.4 Å². The van der Waals surface area contributed by atoms with Gasteiger partial charge >= 0.3 is 0 Å². The summed E-state index contributed by atoms with van der Waals surface area (Å²) in [5.74, 6) is -0.394. The number of benzene rings is 2. The summed E-state index contributed by atoms with van der Waals surface area (Å²) >= 11 is 12.1. The predicted molar refractivity (Wildman–Crippen MR) is 119 cm³/mol. The fraction of sp³-hybridized carbons (Fsp3) is 0.158. The van der Waals surface area contributed by atoms with Crippen molar-refractivity contribution in [1.29, 1.82) is 0 Å². The van der Waals surface area contributed by atoms with Crippen LogP contribution in [0.2, 0.25) is 5.02 Å². The van der Waals surface area contributed by atoms with Gasteiger partial charge in [0.2, 0.25) is 0 Å². The van der Waals surface area contributed by atoms with E-state index in [9.17, 15) is 13.2 Å². The Hall–Kier alpha value is -1.91. The molecule has 1 N–H and O–H groups in total. The predicted octanol–water partition coefficient (Wildman–Crippen LogP) is 4.01. The maximum absolute atomic E-state index is 12.6. The fourth-order valence-corrected chi connectivity index (χ4v) is 4.35. The van der Waals surface area contributed by atoms with Crippen molar-refractivity contribution in [2.75, 3.05) is 12.3 Å². The minimum atomic E-state index is -4.19. The van der Waals surface area contributed by atoms with Crippen LogP contribution in [0, 0.1) is 0 Å². The van der Waals surface area contributed by atoms with Crippen molar-refractivity contribution >= 4 is 62.0 Å². The number of amides is 1. The normalized spacial score (nSPS) is 15.9. The molecule has 1 heterocycles. The van der Waals surface area contributed by atoms with Crippen LogP contribution in [0.5, 0.6) is 5.75 Å². The van der Waals surface area contributed by atoms with E-state index in [1.807, 2.05) is 30.3 Å². The molecule has 152 valence electrons. The van der Waals surface area contributed by atoms with Crippen molar-refractivity contribution in [2.45, 2.75) is 6.61 Å². The maximum Gasteiger partial charge on any atom is 0.266 e. The fourth-order valence-electron chi connectivity index (χ4n) is 2.51. The molecule has 6 nitrogen and oxygen atoms in total. The summed E-state index contributed by atoms with van der Waals surface area (Å²) in [5, 5.41) is 0.644. The van der Waals surface area contributed by atoms with Crippen molar-refractivity contribution in [3.8, 4) is 5.75 Å². The molecule has 1 saturated heterocycles. The van der Waals surface area contributed by atoms with Gasteiger partial charge in [-0.1, -0.05) is 65.9 Å². The molecule has 0 atom stereocenters. The summed E-state index contributed by atoms with van der Waals surface area (Å²) < 4.78 is 36.9. The van der Waals surface area contributed by atoms with Crippen LogP contribution in [0.1, 0.15) is 11.1 Å². The van der Waals surface area contributed by atoms with Gasteiger partial charge in [-0.2, -0.15) is 8.42 Å². The number of rotatable bonds is 7. The smallest absolute Gasteiger partial charge is 0.266 e. The Bertz CT molecular complexity index is 1070. The third-order valence-electron chi connectivity index (χ3n) is 3.96. The number of halogens is 1. The largest absolute Gasteiger partial charge is 0.488 e. The molecule has 2 aromatic rings. The quantitative estimate of drug-likeness (QED) is 0.372. The molecule has 0 radical (unpaired) electrons. The van der Waals surface area contributed by atoms with Crippen LogP contribution in [-0.2, 0) is 21.5 Å². The standard InChI is InChI=1S/C19H16ClNO5S3/c20-15-7-5-13(6-8-15)12-26-16-4-2-1-3-14(16)11-17-18(22)21(19(27)28-17)9-10-29(23,24)25/h1-8,11H,9-10,12H2,(H,23,24,25)/b17-11-. The number of hydrogen-bond acceptors (Lipinski definition) is 6. The molecule has 0 saturated carbocycles. The van der Waals surface area contributed by atoms with Gasteiger partial charge in [-0.25, -0.2) is 0 Å². The topological polar surface area (TPSA) is 83.9 Å². The molecule has 0 bridgehead atoms. The number of para-hydroxylation sites is 1. The van der Waals surface area contributed by atoms with Crippen LogP contribution in [0.25, 0.3) is 6.08 Å². The van der Waals surface area contributed by atoms with Gasteiger partial charge in [-0.15, -0.1) is 0 Å². The highest BCUT2D eigenvalue weighted by Gasteiger charge is 2.32. The molecule has 1 aliphatic rings. The summed E-state index contributed by atoms with van der Waals surface area (Å²) in [6.45, 7) is 0.132. The number of thiocarbonyl (C=S) groups is 1. The van der Waals surface area contributed by atoms with E-state index in [0.717, 1.165) is 22.2 Å². The Balaban J connectivity index is 1.75. The Morgan fingerprint density at radius 1 is 1.17 bits per heavy atom. The molecular formula is C19H16ClNO5S3. The van der Waals surface area contributed by atoms with Crippen LogP contribution in [0.15, 0.2) is 53.4 Å². The van der Waals surface area contributed by atoms with E-state index in [1.54, 1.807) is 24.3 Å². The number of hydrogen-bond donors (Lipinski definition) is 1. The molecule has 2 aromatic carbocycles. The highest BCUT2D eigenvalue weighted by atomic mass is 35.5. The number of nitrogens with zero attached hydrogens (tertiary/aromatic N) is 1. The lowest BCUT2D eigenvalue weighted by Gasteiger charge is -2.12. The van der Waals surface area contributed by atoms with Crippen molar-refractivity contribution in [1.82, 2.24) is 4.90 Å². The third-order valence-corrected chi connectivity index (χ3v) is 6.29. The molecule has 1 fully saturated rings. The Labute approximate surface area is 183 Å². The monoisotopic (exact) mass is 469 g/mol. The van der Waals surface area contributed by atoms with Gasteiger partial charge in [0.15, 0.2) is 0 Å². The molecule has 0 unspecified atom stereocenters. The van der Waals surface area contributed by atoms with E-state index in [1.165, 1.54) is 0 Å². The molecule has 0 aromatic heterocycles. The second kappa shape index (κ2) is 9.27. The average molecular weight is 470 g/mol. The van der Waals surface area contributed by atoms with E-state index in [-0.39, 0.29) is 10.9 Å². The second-order valence-electron chi connectivity index (χ2n) is 6.07. The zero-order valence-electron chi connectivity index (χ0n) is 14.9. The van der Waals surface area contributed by atoms with Gasteiger partial charge < -0.3 is 4.74 Å². The first-order valence-corrected chi connectivity index (χ1v) is 11.6. The first-order chi connectivity index (χ1) is 13.7. The SMILES string of the molecule is O=C1/C(=C/c2ccccc2OCc2ccc(Cl)cc2)SC(=S)N1CCS(=O)(=O)O. The summed E-state index contributed by atoms with van der Waals surface area (Å²) in [6, 6.07) is 14.5. The van der Waals surface area contributed by atoms with Crippen molar-refractivity contribution in [3.05, 3.63) is 69.6 Å². The van der Waals surface area contributed by atoms with Crippen molar-refractivity contribution in [3.63, 3.8) is 0 Å². The lowest BCUT2D eigenvalue weighted by molar-refractivity contribution is -0.121. The number of thioether (sulfide) groups is 1. The van der Waals surface area contributed by atoms with Crippen molar-refractivity contribution < 1.29 is 22.5 Å². The van der Waals surface area contributed by atoms with Gasteiger partial charge in [-0.05, 0) is 29.8 Å². The van der Waals surface area contributed by atoms with Crippen LogP contribution in [0.3, 0.4) is 0 Å². The lowest BCUT2D eigenvalue weighted by Crippen LogP contribution is -2.32. The summed E-state index contributed by atoms with van der Waals surface area (Å²) in [6.07, 6.45) is 1.66. The van der Waals surface area contributed by atoms with E-state index in [0.29, 0.717) is 27.8 Å². The van der Waals surface area contributed by atoms with E-state index in [4.69, 9.17) is 33.1 Å². The maximum atomic E-state index is 12.6. The molecule has 0 spiro atoms. The minimum absolute atomic E-state index is 0.199. The van der Waals surface area contributed by atoms with Crippen LogP contribution < -0.4 is 4.74 Å². The van der Waals surface area contributed by atoms with E-state index < -0.39 is 21.8 Å². The zero-order chi connectivity index (χ0) is 21.0. The zero-order valence-corrected chi connectivity index (χ0v) is 18.2. The van der Waals surface area contributed by atoms with Gasteiger partial charge in [0.05, 0.1) is 10.7 Å². The molecule has 29 heavy (non-hydrogen) atoms. The second-order valence-corrected chi connectivity index (χ2v) is 9.76. The van der Waals surface area contributed by atoms with Crippen LogP contribution in [0.4, 0.5) is 0 Å². The van der Waals surface area contributed by atoms with Gasteiger partial charge in [-0.3, -0.25) is 14.2 Å². The molecule has 0 aliphatic carbocycles. The first-order valence-electron chi connectivity index (χ1n) is 8.40. The molecule has 1 amide bonds. The first kappa shape index (κ1) is 21.8. The number of carbonyl (C=O) groups is 1. The third kappa shape index (κ3) is 6.03. The molecule has 3 rings (SSSR count). The van der Waals surface area contributed by atoms with E-state index in [2.05, 4.69) is 0 Å². The highest BCUT2D eigenvalue weighted by Crippen LogP contribution is 2.34. The van der Waals surface area contributed by atoms with Gasteiger partial charge in [0.1, 0.15) is 16.7 Å². The summed E-state index contributed by atoms with van der Waals surface area (Å²) in [5.41, 5.74) is 1.64. The molecular weight excluding hydrogens is 454 g/mol. The Morgan fingerprint density at radius 2 is 1.86 bits per heavy atom. The number of ether oxygens (including phenoxy) is 1. The number of carbonyl (C=O) groups excluding carboxylic acids is 1. The van der Waals surface area contributed by atoms with Gasteiger partial charge in [0.25, 0.3) is 16.0 Å². The average Bonchev–Trinajstić information content (AvgIpc) is 2.93. The summed E-state index contributed by atoms with van der Waals surface area (Å²) in [7, 11) is -4.19. The Morgan fingerprint density at radius 3 is 2.55 bits per heavy atom. The molecule has 10 heteroatoms. The van der Waals surface area contributed by atoms with E-state index >= 15 is 0 Å². The van der Waals surface area contributed by atoms with Crippen molar-refractivity contribution in [2.24, 2.45) is 0 Å². The van der Waals surface area contributed by atoms with Gasteiger partial charge in [0, 0.05) is 17.1 Å². The molecule has 1 aliphatic heterocycles. The van der Waals surface area contributed by atoms with Crippen LogP contribution >= 0.6 is 35.6 Å².